The number of nitrogens with one attached hydrogen (secondary N) is 2. The van der Waals surface area contributed by atoms with Gasteiger partial charge in [0.1, 0.15) is 10.3 Å². The van der Waals surface area contributed by atoms with E-state index in [-0.39, 0.29) is 11.2 Å². The van der Waals surface area contributed by atoms with Crippen molar-refractivity contribution in [1.29, 1.82) is 0 Å². The van der Waals surface area contributed by atoms with Gasteiger partial charge in [0.15, 0.2) is 0 Å². The largest absolute Gasteiger partial charge is 0.365 e. The van der Waals surface area contributed by atoms with E-state index >= 15 is 0 Å². The number of hydrogen-bond acceptors (Lipinski definition) is 5. The minimum absolute atomic E-state index is 0.0715. The van der Waals surface area contributed by atoms with Gasteiger partial charge in [-0.3, -0.25) is 14.9 Å². The highest BCUT2D eigenvalue weighted by atomic mass is 79.9. The number of aromatic nitrogens is 2. The van der Waals surface area contributed by atoms with Crippen LogP contribution in [-0.4, -0.2) is 14.9 Å². The molecule has 2 N–H and O–H groups in total. The second-order valence-electron chi connectivity index (χ2n) is 4.07. The van der Waals surface area contributed by atoms with Crippen LogP contribution in [0.1, 0.15) is 11.1 Å². The van der Waals surface area contributed by atoms with Gasteiger partial charge in [0.25, 0.3) is 11.2 Å². The number of benzene rings is 1. The maximum Gasteiger partial charge on any atom is 0.272 e. The molecule has 0 radical (unpaired) electrons. The number of H-pyrrole nitrogens is 1. The molecule has 0 aliphatic heterocycles. The Bertz CT molecular complexity index is 714. The van der Waals surface area contributed by atoms with Crippen molar-refractivity contribution in [3.63, 3.8) is 0 Å². The Morgan fingerprint density at radius 1 is 1.50 bits per heavy atom. The molecule has 0 aliphatic rings. The highest BCUT2D eigenvalue weighted by Gasteiger charge is 2.13. The van der Waals surface area contributed by atoms with E-state index in [1.807, 2.05) is 0 Å². The molecule has 0 amide bonds. The smallest absolute Gasteiger partial charge is 0.272 e. The van der Waals surface area contributed by atoms with Crippen LogP contribution in [-0.2, 0) is 6.54 Å². The average Bonchev–Trinajstić information content (AvgIpc) is 2.41. The lowest BCUT2D eigenvalue weighted by molar-refractivity contribution is -0.385. The van der Waals surface area contributed by atoms with Crippen LogP contribution in [0.3, 0.4) is 0 Å². The summed E-state index contributed by atoms with van der Waals surface area (Å²) in [7, 11) is 0. The number of halogens is 1. The summed E-state index contributed by atoms with van der Waals surface area (Å²) < 4.78 is 0.295. The van der Waals surface area contributed by atoms with E-state index in [0.29, 0.717) is 22.4 Å². The summed E-state index contributed by atoms with van der Waals surface area (Å²) in [5.41, 5.74) is 1.14. The Morgan fingerprint density at radius 3 is 2.95 bits per heavy atom. The van der Waals surface area contributed by atoms with E-state index in [9.17, 15) is 14.9 Å². The molecule has 1 aromatic carbocycles. The van der Waals surface area contributed by atoms with Crippen molar-refractivity contribution in [3.8, 4) is 0 Å². The molecule has 0 bridgehead atoms. The van der Waals surface area contributed by atoms with Gasteiger partial charge in [-0.05, 0) is 28.4 Å². The van der Waals surface area contributed by atoms with Crippen LogP contribution < -0.4 is 10.9 Å². The number of aromatic amines is 1. The number of nitro benzene ring substituents is 1. The van der Waals surface area contributed by atoms with Crippen LogP contribution in [0.15, 0.2) is 33.8 Å². The molecule has 2 aromatic rings. The maximum absolute atomic E-state index is 11.4. The lowest BCUT2D eigenvalue weighted by Crippen LogP contribution is -2.12. The van der Waals surface area contributed by atoms with Gasteiger partial charge < -0.3 is 10.3 Å². The summed E-state index contributed by atoms with van der Waals surface area (Å²) in [5, 5.41) is 13.8. The second-order valence-corrected chi connectivity index (χ2v) is 4.86. The fourth-order valence-corrected chi connectivity index (χ4v) is 2.10. The molecule has 2 rings (SSSR count). The third kappa shape index (κ3) is 2.85. The summed E-state index contributed by atoms with van der Waals surface area (Å²) in [6.45, 7) is 2.03. The van der Waals surface area contributed by atoms with Crippen molar-refractivity contribution in [2.24, 2.45) is 0 Å². The van der Waals surface area contributed by atoms with Gasteiger partial charge in [-0.15, -0.1) is 0 Å². The summed E-state index contributed by atoms with van der Waals surface area (Å²) in [5.74, 6) is 0.389. The molecule has 20 heavy (non-hydrogen) atoms. The molecule has 1 heterocycles. The summed E-state index contributed by atoms with van der Waals surface area (Å²) in [6.07, 6.45) is 1.29. The molecule has 0 spiro atoms. The zero-order valence-corrected chi connectivity index (χ0v) is 12.1. The van der Waals surface area contributed by atoms with Crippen molar-refractivity contribution >= 4 is 27.4 Å². The predicted molar refractivity (Wildman–Crippen MR) is 77.7 cm³/mol. The first-order chi connectivity index (χ1) is 9.50. The molecule has 0 saturated heterocycles. The Morgan fingerprint density at radius 2 is 2.25 bits per heavy atom. The Kier molecular flexibility index (Phi) is 4.14. The molecule has 1 aromatic heterocycles. The van der Waals surface area contributed by atoms with Gasteiger partial charge in [0.2, 0.25) is 0 Å². The fraction of sp³-hybridized carbons (Fsp3) is 0.167. The quantitative estimate of drug-likeness (QED) is 0.658. The minimum atomic E-state index is -0.416. The van der Waals surface area contributed by atoms with Crippen molar-refractivity contribution in [2.45, 2.75) is 13.5 Å². The number of anilines is 1. The topological polar surface area (TPSA) is 101 Å². The van der Waals surface area contributed by atoms with Crippen LogP contribution in [0, 0.1) is 17.0 Å². The molecule has 0 saturated carbocycles. The third-order valence-corrected chi connectivity index (χ3v) is 3.59. The summed E-state index contributed by atoms with van der Waals surface area (Å²) in [6, 6.07) is 4.87. The van der Waals surface area contributed by atoms with Crippen LogP contribution in [0.25, 0.3) is 0 Å². The van der Waals surface area contributed by atoms with Gasteiger partial charge in [0.05, 0.1) is 11.3 Å². The van der Waals surface area contributed by atoms with E-state index in [2.05, 4.69) is 31.2 Å². The number of nitro groups is 1. The van der Waals surface area contributed by atoms with E-state index in [0.717, 1.165) is 5.56 Å². The zero-order valence-electron chi connectivity index (χ0n) is 10.5. The maximum atomic E-state index is 11.4. The first-order valence-corrected chi connectivity index (χ1v) is 6.50. The van der Waals surface area contributed by atoms with Crippen LogP contribution in [0.5, 0.6) is 0 Å². The van der Waals surface area contributed by atoms with Gasteiger partial charge in [0, 0.05) is 18.2 Å². The molecule has 104 valence electrons. The Hall–Kier alpha value is -2.22. The minimum Gasteiger partial charge on any atom is -0.365 e. The Labute approximate surface area is 122 Å². The monoisotopic (exact) mass is 338 g/mol. The molecule has 8 heteroatoms. The van der Waals surface area contributed by atoms with Gasteiger partial charge in [-0.1, -0.05) is 12.1 Å². The second kappa shape index (κ2) is 5.83. The molecule has 0 fully saturated rings. The SMILES string of the molecule is Cc1c(CNc2nc[nH]c(=O)c2Br)cccc1[N+](=O)[O-]. The number of nitrogens with zero attached hydrogens (tertiary/aromatic N) is 2. The molecular weight excluding hydrogens is 328 g/mol. The predicted octanol–water partition coefficient (Wildman–Crippen LogP) is 2.36. The summed E-state index contributed by atoms with van der Waals surface area (Å²) >= 11 is 3.13. The van der Waals surface area contributed by atoms with Crippen LogP contribution in [0.2, 0.25) is 0 Å². The zero-order chi connectivity index (χ0) is 14.7. The lowest BCUT2D eigenvalue weighted by Gasteiger charge is -2.09. The molecule has 7 nitrogen and oxygen atoms in total. The van der Waals surface area contributed by atoms with Crippen LogP contribution in [0.4, 0.5) is 11.5 Å². The average molecular weight is 339 g/mol. The molecule has 0 atom stereocenters. The lowest BCUT2D eigenvalue weighted by atomic mass is 10.1. The highest BCUT2D eigenvalue weighted by molar-refractivity contribution is 9.10. The van der Waals surface area contributed by atoms with Crippen molar-refractivity contribution < 1.29 is 4.92 Å². The van der Waals surface area contributed by atoms with Gasteiger partial charge in [-0.2, -0.15) is 0 Å². The van der Waals surface area contributed by atoms with E-state index < -0.39 is 4.92 Å². The summed E-state index contributed by atoms with van der Waals surface area (Å²) in [4.78, 5) is 28.3. The van der Waals surface area contributed by atoms with Crippen molar-refractivity contribution in [3.05, 3.63) is 60.6 Å². The number of hydrogen-bond donors (Lipinski definition) is 2. The third-order valence-electron chi connectivity index (χ3n) is 2.86. The Balaban J connectivity index is 2.24. The first kappa shape index (κ1) is 14.2. The van der Waals surface area contributed by atoms with Crippen molar-refractivity contribution in [2.75, 3.05) is 5.32 Å². The van der Waals surface area contributed by atoms with Crippen LogP contribution >= 0.6 is 15.9 Å². The van der Waals surface area contributed by atoms with E-state index in [1.165, 1.54) is 12.4 Å². The fourth-order valence-electron chi connectivity index (χ4n) is 1.74. The molecular formula is C12H11BrN4O3. The highest BCUT2D eigenvalue weighted by Crippen LogP contribution is 2.22. The standard InChI is InChI=1S/C12H11BrN4O3/c1-7-8(3-2-4-9(7)17(19)20)5-14-11-10(13)12(18)16-6-15-11/h2-4,6H,5H2,1H3,(H2,14,15,16,18). The van der Waals surface area contributed by atoms with E-state index in [4.69, 9.17) is 0 Å². The van der Waals surface area contributed by atoms with Gasteiger partial charge >= 0.3 is 0 Å². The first-order valence-electron chi connectivity index (χ1n) is 5.70. The van der Waals surface area contributed by atoms with E-state index in [1.54, 1.807) is 19.1 Å². The molecule has 0 unspecified atom stereocenters. The van der Waals surface area contributed by atoms with Crippen molar-refractivity contribution in [1.82, 2.24) is 9.97 Å². The molecule has 0 aliphatic carbocycles. The number of rotatable bonds is 4. The van der Waals surface area contributed by atoms with Gasteiger partial charge in [-0.25, -0.2) is 4.98 Å². The normalized spacial score (nSPS) is 10.3.